The number of ether oxygens (including phenoxy) is 1. The van der Waals surface area contributed by atoms with Crippen LogP contribution in [0, 0.1) is 23.4 Å². The third-order valence-corrected chi connectivity index (χ3v) is 8.87. The highest BCUT2D eigenvalue weighted by Gasteiger charge is 2.30. The average molecular weight is 638 g/mol. The number of rotatable bonds is 10. The summed E-state index contributed by atoms with van der Waals surface area (Å²) in [4.78, 5) is 16.8. The molecule has 1 aliphatic carbocycles. The molecule has 1 atom stereocenters. The van der Waals surface area contributed by atoms with E-state index in [1.54, 1.807) is 35.2 Å². The first-order valence-corrected chi connectivity index (χ1v) is 15.9. The Morgan fingerprint density at radius 3 is 2.59 bits per heavy atom. The van der Waals surface area contributed by atoms with E-state index >= 15 is 8.78 Å². The molecule has 0 radical (unpaired) electrons. The fraction of sp³-hybridized carbons (Fsp3) is 0.219. The van der Waals surface area contributed by atoms with Gasteiger partial charge in [-0.25, -0.2) is 31.8 Å². The molecule has 0 spiro atoms. The van der Waals surface area contributed by atoms with Crippen LogP contribution in [-0.4, -0.2) is 36.1 Å². The Morgan fingerprint density at radius 1 is 1.07 bits per heavy atom. The lowest BCUT2D eigenvalue weighted by atomic mass is 9.94. The van der Waals surface area contributed by atoms with Crippen LogP contribution in [0.3, 0.4) is 0 Å². The summed E-state index contributed by atoms with van der Waals surface area (Å²) in [5.74, 6) is -1.89. The predicted molar refractivity (Wildman–Crippen MR) is 161 cm³/mol. The van der Waals surface area contributed by atoms with Crippen molar-refractivity contribution in [3.8, 4) is 27.5 Å². The zero-order valence-corrected chi connectivity index (χ0v) is 25.1. The lowest BCUT2D eigenvalue weighted by molar-refractivity contribution is 0.0520. The molecule has 0 bridgehead atoms. The van der Waals surface area contributed by atoms with E-state index in [4.69, 9.17) is 9.84 Å². The smallest absolute Gasteiger partial charge is 0.357 e. The number of benzene rings is 3. The minimum Gasteiger partial charge on any atom is -0.461 e. The molecule has 1 unspecified atom stereocenters. The normalized spacial score (nSPS) is 13.7. The van der Waals surface area contributed by atoms with Crippen LogP contribution in [0.1, 0.15) is 47.1 Å². The van der Waals surface area contributed by atoms with E-state index in [0.29, 0.717) is 39.9 Å². The summed E-state index contributed by atoms with van der Waals surface area (Å²) in [5, 5.41) is 6.91. The summed E-state index contributed by atoms with van der Waals surface area (Å²) >= 11 is -1.14. The van der Waals surface area contributed by atoms with Gasteiger partial charge >= 0.3 is 5.97 Å². The van der Waals surface area contributed by atoms with Crippen molar-refractivity contribution < 1.29 is 31.5 Å². The molecule has 1 saturated carbocycles. The van der Waals surface area contributed by atoms with Gasteiger partial charge < -0.3 is 9.29 Å². The van der Waals surface area contributed by atoms with Gasteiger partial charge in [0, 0.05) is 28.5 Å². The molecule has 0 amide bonds. The topological polar surface area (TPSA) is 94.3 Å². The number of carbonyl (C=O) groups is 1. The molecule has 3 aromatic carbocycles. The highest BCUT2D eigenvalue weighted by Crippen LogP contribution is 2.39. The van der Waals surface area contributed by atoms with Crippen LogP contribution >= 0.6 is 11.3 Å². The number of carbonyl (C=O) groups excluding carboxylic acids is 1. The Labute approximate surface area is 257 Å². The molecular weight excluding hydrogens is 611 g/mol. The molecule has 7 nitrogen and oxygen atoms in total. The van der Waals surface area contributed by atoms with Gasteiger partial charge in [0.15, 0.2) is 16.8 Å². The van der Waals surface area contributed by atoms with Gasteiger partial charge in [0.05, 0.1) is 22.9 Å². The van der Waals surface area contributed by atoms with Crippen LogP contribution in [0.2, 0.25) is 0 Å². The Kier molecular flexibility index (Phi) is 8.48. The van der Waals surface area contributed by atoms with Crippen molar-refractivity contribution in [2.75, 3.05) is 6.61 Å². The zero-order chi connectivity index (χ0) is 31.0. The van der Waals surface area contributed by atoms with E-state index in [0.717, 1.165) is 24.6 Å². The number of aromatic nitrogens is 3. The summed E-state index contributed by atoms with van der Waals surface area (Å²) in [6, 6.07) is 14.0. The van der Waals surface area contributed by atoms with Gasteiger partial charge in [0.2, 0.25) is 5.13 Å². The molecule has 2 aromatic heterocycles. The molecule has 2 heterocycles. The zero-order valence-electron chi connectivity index (χ0n) is 23.4. The van der Waals surface area contributed by atoms with Gasteiger partial charge in [-0.1, -0.05) is 18.2 Å². The third kappa shape index (κ3) is 6.23. The molecule has 0 aliphatic heterocycles. The Morgan fingerprint density at radius 2 is 1.89 bits per heavy atom. The van der Waals surface area contributed by atoms with E-state index < -0.39 is 34.5 Å². The third-order valence-electron chi connectivity index (χ3n) is 7.40. The first-order valence-electron chi connectivity index (χ1n) is 13.9. The maximum atomic E-state index is 15.3. The maximum Gasteiger partial charge on any atom is 0.357 e. The standard InChI is InChI=1S/C32H26F3N3O4S2/c1-2-42-31(39)28-17-43-32(36-28)38-29(12-18-6-7-18)25(14-20-8-10-23(44(40)41)16-27(20)35)30(37-38)21-9-11-26(34)24(15-21)19-4-3-5-22(33)13-19/h3-5,8-11,13,15-18H,2,6-7,12,14H2,1H3,(H,40,41). The number of thiazole rings is 1. The van der Waals surface area contributed by atoms with E-state index in [2.05, 4.69) is 4.98 Å². The Balaban J connectivity index is 1.53. The van der Waals surface area contributed by atoms with Crippen LogP contribution in [0.15, 0.2) is 70.9 Å². The van der Waals surface area contributed by atoms with E-state index in [1.807, 2.05) is 0 Å². The molecule has 1 fully saturated rings. The number of hydrogen-bond acceptors (Lipinski definition) is 6. The second-order valence-electron chi connectivity index (χ2n) is 10.5. The fourth-order valence-electron chi connectivity index (χ4n) is 5.05. The van der Waals surface area contributed by atoms with Crippen molar-refractivity contribution in [3.05, 3.63) is 106 Å². The van der Waals surface area contributed by atoms with E-state index in [9.17, 15) is 17.9 Å². The molecular formula is C32H26F3N3O4S2. The number of nitrogens with zero attached hydrogens (tertiary/aromatic N) is 3. The van der Waals surface area contributed by atoms with Crippen LogP contribution in [-0.2, 0) is 28.7 Å². The molecule has 5 aromatic rings. The summed E-state index contributed by atoms with van der Waals surface area (Å²) < 4.78 is 72.2. The molecule has 6 rings (SSSR count). The number of halogens is 3. The highest BCUT2D eigenvalue weighted by molar-refractivity contribution is 7.79. The second kappa shape index (κ2) is 12.5. The molecule has 1 aliphatic rings. The van der Waals surface area contributed by atoms with E-state index in [-0.39, 0.29) is 34.7 Å². The molecule has 1 N–H and O–H groups in total. The summed E-state index contributed by atoms with van der Waals surface area (Å²) in [6.07, 6.45) is 2.70. The van der Waals surface area contributed by atoms with Gasteiger partial charge in [-0.05, 0) is 85.7 Å². The van der Waals surface area contributed by atoms with Crippen LogP contribution in [0.5, 0.6) is 0 Å². The van der Waals surface area contributed by atoms with Crippen molar-refractivity contribution in [1.82, 2.24) is 14.8 Å². The van der Waals surface area contributed by atoms with Crippen LogP contribution in [0.4, 0.5) is 13.2 Å². The lowest BCUT2D eigenvalue weighted by Gasteiger charge is -2.11. The fourth-order valence-corrected chi connectivity index (χ4v) is 6.20. The van der Waals surface area contributed by atoms with Crippen molar-refractivity contribution in [3.63, 3.8) is 0 Å². The molecule has 226 valence electrons. The SMILES string of the molecule is CCOC(=O)c1csc(-n2nc(-c3ccc(F)c(-c4cccc(F)c4)c3)c(Cc3ccc(S(=O)O)cc3F)c2CC2CC2)n1. The quantitative estimate of drug-likeness (QED) is 0.127. The minimum atomic E-state index is -2.34. The van der Waals surface area contributed by atoms with Crippen molar-refractivity contribution in [1.29, 1.82) is 0 Å². The number of hydrogen-bond donors (Lipinski definition) is 1. The van der Waals surface area contributed by atoms with Crippen molar-refractivity contribution >= 4 is 28.4 Å². The van der Waals surface area contributed by atoms with Gasteiger partial charge in [-0.3, -0.25) is 0 Å². The minimum absolute atomic E-state index is 0.0621. The molecule has 12 heteroatoms. The van der Waals surface area contributed by atoms with Crippen molar-refractivity contribution in [2.24, 2.45) is 5.92 Å². The Bertz CT molecular complexity index is 1900. The summed E-state index contributed by atoms with van der Waals surface area (Å²) in [6.45, 7) is 1.90. The first-order chi connectivity index (χ1) is 21.2. The summed E-state index contributed by atoms with van der Waals surface area (Å²) in [7, 11) is 0. The molecule has 0 saturated heterocycles. The van der Waals surface area contributed by atoms with Gasteiger partial charge in [-0.15, -0.1) is 11.3 Å². The first kappa shape index (κ1) is 29.9. The van der Waals surface area contributed by atoms with E-state index in [1.165, 1.54) is 47.7 Å². The second-order valence-corrected chi connectivity index (χ2v) is 12.3. The lowest BCUT2D eigenvalue weighted by Crippen LogP contribution is -2.08. The van der Waals surface area contributed by atoms with Crippen LogP contribution in [0.25, 0.3) is 27.5 Å². The maximum absolute atomic E-state index is 15.3. The van der Waals surface area contributed by atoms with Crippen molar-refractivity contribution in [2.45, 2.75) is 37.5 Å². The van der Waals surface area contributed by atoms with Crippen LogP contribution < -0.4 is 0 Å². The van der Waals surface area contributed by atoms with Gasteiger partial charge in [0.1, 0.15) is 17.5 Å². The number of esters is 1. The predicted octanol–water partition coefficient (Wildman–Crippen LogP) is 7.38. The van der Waals surface area contributed by atoms with Gasteiger partial charge in [0.25, 0.3) is 0 Å². The molecule has 44 heavy (non-hydrogen) atoms. The van der Waals surface area contributed by atoms with Gasteiger partial charge in [-0.2, -0.15) is 5.10 Å². The Hall–Kier alpha value is -4.13. The summed E-state index contributed by atoms with van der Waals surface area (Å²) in [5.41, 5.74) is 3.32. The monoisotopic (exact) mass is 637 g/mol. The largest absolute Gasteiger partial charge is 0.461 e. The average Bonchev–Trinajstić information content (AvgIpc) is 3.56. The highest BCUT2D eigenvalue weighted by atomic mass is 32.2.